The Kier molecular flexibility index (Phi) is 12.3. The smallest absolute Gasteiger partial charge is 0.0667 e. The van der Waals surface area contributed by atoms with Crippen molar-refractivity contribution in [2.24, 2.45) is 0 Å². The number of likely N-dealkylation sites (N-methyl/N-ethyl adjacent to an activating group) is 1. The molecule has 0 N–H and O–H groups in total. The van der Waals surface area contributed by atoms with E-state index in [2.05, 4.69) is 208 Å². The molecule has 3 aliphatic carbocycles. The number of nitrogens with zero attached hydrogens (tertiary/aromatic N) is 1. The van der Waals surface area contributed by atoms with Gasteiger partial charge in [0.05, 0.1) is 5.41 Å². The highest BCUT2D eigenvalue weighted by Crippen LogP contribution is 2.54. The van der Waals surface area contributed by atoms with E-state index in [9.17, 15) is 0 Å². The summed E-state index contributed by atoms with van der Waals surface area (Å²) in [5, 5.41) is 0. The minimum atomic E-state index is -0.362. The van der Waals surface area contributed by atoms with Crippen molar-refractivity contribution in [2.45, 2.75) is 51.0 Å². The lowest BCUT2D eigenvalue weighted by molar-refractivity contribution is 0.358. The summed E-state index contributed by atoms with van der Waals surface area (Å²) in [4.78, 5) is 2.37. The summed E-state index contributed by atoms with van der Waals surface area (Å²) in [6, 6.07) is 38.0. The zero-order valence-corrected chi connectivity index (χ0v) is 32.5. The number of fused-ring (bicyclic) bond motifs is 1. The zero-order valence-electron chi connectivity index (χ0n) is 32.5. The average molecular weight is 716 g/mol. The van der Waals surface area contributed by atoms with Gasteiger partial charge < -0.3 is 0 Å². The Bertz CT molecular complexity index is 2260. The largest absolute Gasteiger partial charge is 0.298 e. The molecule has 274 valence electrons. The third-order valence-electron chi connectivity index (χ3n) is 11.0. The van der Waals surface area contributed by atoms with E-state index < -0.39 is 0 Å². The highest BCUT2D eigenvalue weighted by atomic mass is 15.1. The van der Waals surface area contributed by atoms with E-state index in [1.807, 2.05) is 6.08 Å². The molecule has 4 aromatic carbocycles. The van der Waals surface area contributed by atoms with Crippen molar-refractivity contribution in [1.82, 2.24) is 4.90 Å². The molecular weight excluding hydrogens is 663 g/mol. The Morgan fingerprint density at radius 1 is 0.782 bits per heavy atom. The Morgan fingerprint density at radius 2 is 1.55 bits per heavy atom. The van der Waals surface area contributed by atoms with E-state index in [0.29, 0.717) is 0 Å². The standard InChI is InChI=1S/C54H53N/c1-4-6-20-44(41-55(3)40-43-21-11-7-12-22-43)32-31-42-23-19-26-47(37-42)48-34-36-53-49(38-48)39-52(35-33-45(5-2)46-24-13-8-14-25-46)54(53,50-27-15-9-16-28-50)51-29-17-10-18-30-51/h4-7,9,11-13,15-17,19-38H,2,8,10,14,18,39-41H2,1,3H3/b6-4-,32-31+,44-20+,45-33+,52-35+. The molecule has 7 rings (SSSR count). The molecule has 1 heteroatoms. The summed E-state index contributed by atoms with van der Waals surface area (Å²) < 4.78 is 0. The molecule has 0 fully saturated rings. The summed E-state index contributed by atoms with van der Waals surface area (Å²) in [7, 11) is 2.19. The van der Waals surface area contributed by atoms with Gasteiger partial charge in [0, 0.05) is 13.1 Å². The first-order chi connectivity index (χ1) is 27.1. The number of benzene rings is 4. The normalized spacial score (nSPS) is 19.4. The van der Waals surface area contributed by atoms with Gasteiger partial charge in [-0.2, -0.15) is 0 Å². The summed E-state index contributed by atoms with van der Waals surface area (Å²) in [5.74, 6) is 0. The second-order valence-electron chi connectivity index (χ2n) is 14.8. The van der Waals surface area contributed by atoms with Crippen molar-refractivity contribution in [2.75, 3.05) is 13.6 Å². The molecule has 0 bridgehead atoms. The lowest BCUT2D eigenvalue weighted by Gasteiger charge is -2.36. The van der Waals surface area contributed by atoms with Crippen molar-refractivity contribution < 1.29 is 0 Å². The summed E-state index contributed by atoms with van der Waals surface area (Å²) in [6.45, 7) is 8.06. The van der Waals surface area contributed by atoms with Gasteiger partial charge in [-0.05, 0) is 119 Å². The van der Waals surface area contributed by atoms with E-state index in [-0.39, 0.29) is 5.41 Å². The molecule has 0 radical (unpaired) electrons. The SMILES string of the molecule is C=C/C(=C\C=C1/Cc2cc(-c3cccc(/C=C/C(=C\C=C/C)CN(C)Cc4ccccc4)c3)ccc2C1(C1=CCCC=C1)c1ccccc1)C1=CCCC=C1. The number of rotatable bonds is 13. The van der Waals surface area contributed by atoms with Gasteiger partial charge in [-0.1, -0.05) is 189 Å². The van der Waals surface area contributed by atoms with Crippen LogP contribution in [-0.4, -0.2) is 18.5 Å². The first-order valence-electron chi connectivity index (χ1n) is 19.9. The maximum atomic E-state index is 4.21. The highest BCUT2D eigenvalue weighted by Gasteiger charge is 2.46. The van der Waals surface area contributed by atoms with Gasteiger partial charge in [-0.3, -0.25) is 4.90 Å². The summed E-state index contributed by atoms with van der Waals surface area (Å²) >= 11 is 0. The first-order valence-corrected chi connectivity index (χ1v) is 19.9. The minimum absolute atomic E-state index is 0.362. The highest BCUT2D eigenvalue weighted by molar-refractivity contribution is 5.74. The van der Waals surface area contributed by atoms with Gasteiger partial charge in [0.15, 0.2) is 0 Å². The van der Waals surface area contributed by atoms with E-state index in [1.54, 1.807) is 0 Å². The Hall–Kier alpha value is -5.76. The molecule has 3 aliphatic rings. The van der Waals surface area contributed by atoms with E-state index in [1.165, 1.54) is 66.8 Å². The fourth-order valence-electron chi connectivity index (χ4n) is 8.38. The van der Waals surface area contributed by atoms with Gasteiger partial charge in [0.25, 0.3) is 0 Å². The molecule has 1 unspecified atom stereocenters. The quantitative estimate of drug-likeness (QED) is 0.125. The molecule has 0 saturated heterocycles. The van der Waals surface area contributed by atoms with Gasteiger partial charge in [-0.15, -0.1) is 0 Å². The topological polar surface area (TPSA) is 3.24 Å². The molecule has 1 nitrogen and oxygen atoms in total. The van der Waals surface area contributed by atoms with Crippen LogP contribution >= 0.6 is 0 Å². The maximum absolute atomic E-state index is 4.21. The molecule has 0 aliphatic heterocycles. The maximum Gasteiger partial charge on any atom is 0.0667 e. The van der Waals surface area contributed by atoms with Crippen molar-refractivity contribution in [1.29, 1.82) is 0 Å². The van der Waals surface area contributed by atoms with Crippen LogP contribution in [-0.2, 0) is 18.4 Å². The molecule has 0 heterocycles. The summed E-state index contributed by atoms with van der Waals surface area (Å²) in [5.41, 5.74) is 15.2. The van der Waals surface area contributed by atoms with Gasteiger partial charge in [-0.25, -0.2) is 0 Å². The molecule has 0 spiro atoms. The van der Waals surface area contributed by atoms with Crippen LogP contribution in [0.4, 0.5) is 0 Å². The van der Waals surface area contributed by atoms with Crippen molar-refractivity contribution >= 4 is 6.08 Å². The number of hydrogen-bond acceptors (Lipinski definition) is 1. The predicted octanol–water partition coefficient (Wildman–Crippen LogP) is 13.4. The predicted molar refractivity (Wildman–Crippen MR) is 237 cm³/mol. The number of hydrogen-bond donors (Lipinski definition) is 0. The van der Waals surface area contributed by atoms with Crippen LogP contribution in [0.25, 0.3) is 17.2 Å². The second-order valence-corrected chi connectivity index (χ2v) is 14.8. The van der Waals surface area contributed by atoms with Crippen LogP contribution < -0.4 is 0 Å². The lowest BCUT2D eigenvalue weighted by atomic mass is 9.66. The van der Waals surface area contributed by atoms with Crippen LogP contribution in [0.3, 0.4) is 0 Å². The monoisotopic (exact) mass is 715 g/mol. The Balaban J connectivity index is 1.24. The fraction of sp³-hybridized carbons (Fsp3) is 0.185. The second kappa shape index (κ2) is 18.0. The molecule has 0 amide bonds. The van der Waals surface area contributed by atoms with Crippen LogP contribution in [0.15, 0.2) is 217 Å². The van der Waals surface area contributed by atoms with Crippen molar-refractivity contribution in [3.8, 4) is 11.1 Å². The molecular formula is C54H53N. The Morgan fingerprint density at radius 3 is 2.27 bits per heavy atom. The van der Waals surface area contributed by atoms with E-state index in [4.69, 9.17) is 0 Å². The molecule has 55 heavy (non-hydrogen) atoms. The minimum Gasteiger partial charge on any atom is -0.298 e. The number of allylic oxidation sites excluding steroid dienone is 16. The molecule has 0 aromatic heterocycles. The van der Waals surface area contributed by atoms with Crippen LogP contribution in [0.1, 0.15) is 60.4 Å². The van der Waals surface area contributed by atoms with Gasteiger partial charge >= 0.3 is 0 Å². The molecule has 1 atom stereocenters. The van der Waals surface area contributed by atoms with E-state index in [0.717, 1.165) is 45.2 Å². The van der Waals surface area contributed by atoms with Crippen LogP contribution in [0, 0.1) is 0 Å². The lowest BCUT2D eigenvalue weighted by Crippen LogP contribution is -2.29. The average Bonchev–Trinajstić information content (AvgIpc) is 3.57. The summed E-state index contributed by atoms with van der Waals surface area (Å²) in [6.07, 6.45) is 36.9. The Labute approximate surface area is 329 Å². The fourth-order valence-corrected chi connectivity index (χ4v) is 8.38. The molecule has 4 aromatic rings. The van der Waals surface area contributed by atoms with E-state index >= 15 is 0 Å². The zero-order chi connectivity index (χ0) is 37.9. The third kappa shape index (κ3) is 8.64. The third-order valence-corrected chi connectivity index (χ3v) is 11.0. The van der Waals surface area contributed by atoms with Crippen molar-refractivity contribution in [3.63, 3.8) is 0 Å². The van der Waals surface area contributed by atoms with Gasteiger partial charge in [0.1, 0.15) is 0 Å². The first kappa shape index (κ1) is 37.6. The van der Waals surface area contributed by atoms with Crippen LogP contribution in [0.2, 0.25) is 0 Å². The van der Waals surface area contributed by atoms with Gasteiger partial charge in [0.2, 0.25) is 0 Å². The molecule has 0 saturated carbocycles. The van der Waals surface area contributed by atoms with Crippen LogP contribution in [0.5, 0.6) is 0 Å². The van der Waals surface area contributed by atoms with Crippen molar-refractivity contribution in [3.05, 3.63) is 244 Å².